The molecule has 9 nitrogen and oxygen atoms in total. The van der Waals surface area contributed by atoms with Gasteiger partial charge >= 0.3 is 0 Å². The Labute approximate surface area is 186 Å². The van der Waals surface area contributed by atoms with Crippen molar-refractivity contribution in [3.8, 4) is 10.7 Å². The highest BCUT2D eigenvalue weighted by molar-refractivity contribution is 7.89. The number of nitrogens with zero attached hydrogens (tertiary/aromatic N) is 3. The highest BCUT2D eigenvalue weighted by Gasteiger charge is 2.28. The van der Waals surface area contributed by atoms with Crippen LogP contribution < -0.4 is 4.72 Å². The van der Waals surface area contributed by atoms with Crippen molar-refractivity contribution < 1.29 is 22.7 Å². The Bertz CT molecular complexity index is 1060. The molecule has 4 heterocycles. The first kappa shape index (κ1) is 22.4. The number of ether oxygens (including phenoxy) is 2. The second-order valence-electron chi connectivity index (χ2n) is 7.86. The fourth-order valence-corrected chi connectivity index (χ4v) is 6.29. The van der Waals surface area contributed by atoms with Gasteiger partial charge in [0.2, 0.25) is 10.0 Å². The summed E-state index contributed by atoms with van der Waals surface area (Å²) >= 11 is 1.30. The molecule has 0 bridgehead atoms. The van der Waals surface area contributed by atoms with Crippen molar-refractivity contribution >= 4 is 27.3 Å². The summed E-state index contributed by atoms with van der Waals surface area (Å²) in [7, 11) is -1.88. The van der Waals surface area contributed by atoms with Crippen molar-refractivity contribution in [2.75, 3.05) is 39.5 Å². The average molecular weight is 469 g/mol. The quantitative estimate of drug-likeness (QED) is 0.692. The van der Waals surface area contributed by atoms with Gasteiger partial charge in [0, 0.05) is 39.0 Å². The zero-order chi connectivity index (χ0) is 22.2. The number of aromatic nitrogens is 2. The normalized spacial score (nSPS) is 19.8. The highest BCUT2D eigenvalue weighted by atomic mass is 32.2. The number of nitrogens with one attached hydrogen (secondary N) is 1. The van der Waals surface area contributed by atoms with Gasteiger partial charge in [0.05, 0.1) is 30.7 Å². The molecule has 2 aromatic heterocycles. The first-order chi connectivity index (χ1) is 14.8. The lowest BCUT2D eigenvalue weighted by molar-refractivity contribution is 0.0305. The van der Waals surface area contributed by atoms with Gasteiger partial charge in [0.15, 0.2) is 0 Å². The van der Waals surface area contributed by atoms with Gasteiger partial charge in [-0.25, -0.2) is 18.1 Å². The Morgan fingerprint density at radius 1 is 1.29 bits per heavy atom. The lowest BCUT2D eigenvalue weighted by atomic mass is 10.2. The van der Waals surface area contributed by atoms with Crippen molar-refractivity contribution in [3.05, 3.63) is 22.3 Å². The molecule has 1 amide bonds. The second-order valence-corrected chi connectivity index (χ2v) is 10.6. The maximum atomic E-state index is 12.9. The van der Waals surface area contributed by atoms with Crippen molar-refractivity contribution in [2.24, 2.45) is 7.05 Å². The van der Waals surface area contributed by atoms with E-state index in [4.69, 9.17) is 9.47 Å². The number of morpholine rings is 1. The molecule has 11 heteroatoms. The summed E-state index contributed by atoms with van der Waals surface area (Å²) in [5, 5.41) is 0.625. The zero-order valence-corrected chi connectivity index (χ0v) is 19.6. The van der Waals surface area contributed by atoms with Gasteiger partial charge in [-0.15, -0.1) is 11.3 Å². The number of rotatable bonds is 6. The molecular weight excluding hydrogens is 440 g/mol. The monoisotopic (exact) mass is 468 g/mol. The molecule has 0 spiro atoms. The molecule has 170 valence electrons. The number of carbonyl (C=O) groups is 1. The number of thiazole rings is 1. The molecule has 1 atom stereocenters. The lowest BCUT2D eigenvalue weighted by Gasteiger charge is -2.26. The minimum absolute atomic E-state index is 0.0541. The number of aryl methyl sites for hydroxylation is 1. The summed E-state index contributed by atoms with van der Waals surface area (Å²) in [5.74, 6) is -0.0541. The fraction of sp³-hybridized carbons (Fsp3) is 0.600. The molecule has 2 aliphatic rings. The molecule has 31 heavy (non-hydrogen) atoms. The van der Waals surface area contributed by atoms with Crippen LogP contribution in [-0.4, -0.2) is 74.3 Å². The molecule has 0 aromatic carbocycles. The Kier molecular flexibility index (Phi) is 6.50. The van der Waals surface area contributed by atoms with E-state index in [2.05, 4.69) is 9.71 Å². The van der Waals surface area contributed by atoms with Crippen LogP contribution in [-0.2, 0) is 26.5 Å². The molecular formula is C20H28N4O5S2. The van der Waals surface area contributed by atoms with E-state index in [1.54, 1.807) is 17.9 Å². The van der Waals surface area contributed by atoms with Gasteiger partial charge in [-0.1, -0.05) is 0 Å². The lowest BCUT2D eigenvalue weighted by Crippen LogP contribution is -2.40. The molecule has 0 aliphatic carbocycles. The summed E-state index contributed by atoms with van der Waals surface area (Å²) in [6.45, 7) is 6.72. The van der Waals surface area contributed by atoms with Crippen LogP contribution in [0.15, 0.2) is 11.0 Å². The topological polar surface area (TPSA) is 103 Å². The van der Waals surface area contributed by atoms with Crippen LogP contribution in [0.1, 0.15) is 33.9 Å². The van der Waals surface area contributed by atoms with E-state index >= 15 is 0 Å². The molecule has 0 radical (unpaired) electrons. The van der Waals surface area contributed by atoms with Crippen LogP contribution in [0.2, 0.25) is 0 Å². The second kappa shape index (κ2) is 8.99. The Hall–Kier alpha value is -1.79. The molecule has 1 N–H and O–H groups in total. The first-order valence-corrected chi connectivity index (χ1v) is 12.7. The van der Waals surface area contributed by atoms with Gasteiger partial charge in [-0.2, -0.15) is 0 Å². The van der Waals surface area contributed by atoms with E-state index in [1.807, 2.05) is 18.5 Å². The molecule has 2 aliphatic heterocycles. The maximum absolute atomic E-state index is 12.9. The number of sulfonamides is 1. The first-order valence-electron chi connectivity index (χ1n) is 10.4. The summed E-state index contributed by atoms with van der Waals surface area (Å²) < 4.78 is 41.2. The van der Waals surface area contributed by atoms with Crippen molar-refractivity contribution in [1.29, 1.82) is 0 Å². The van der Waals surface area contributed by atoms with E-state index in [0.29, 0.717) is 59.9 Å². The Morgan fingerprint density at radius 3 is 2.71 bits per heavy atom. The Balaban J connectivity index is 1.58. The summed E-state index contributed by atoms with van der Waals surface area (Å²) in [6, 6.07) is 1.63. The van der Waals surface area contributed by atoms with Crippen LogP contribution in [0.3, 0.4) is 0 Å². The van der Waals surface area contributed by atoms with Gasteiger partial charge in [0.1, 0.15) is 14.8 Å². The van der Waals surface area contributed by atoms with Crippen LogP contribution in [0.5, 0.6) is 0 Å². The van der Waals surface area contributed by atoms with Crippen LogP contribution >= 0.6 is 11.3 Å². The predicted molar refractivity (Wildman–Crippen MR) is 117 cm³/mol. The largest absolute Gasteiger partial charge is 0.378 e. The number of amides is 1. The number of hydrogen-bond donors (Lipinski definition) is 1. The van der Waals surface area contributed by atoms with Crippen molar-refractivity contribution in [2.45, 2.75) is 37.7 Å². The van der Waals surface area contributed by atoms with Gasteiger partial charge in [-0.05, 0) is 32.8 Å². The number of hydrogen-bond acceptors (Lipinski definition) is 7. The predicted octanol–water partition coefficient (Wildman–Crippen LogP) is 1.70. The standard InChI is InChI=1S/C20H28N4O5S2/c1-13-18(20(25)24-6-9-28-10-7-24)30-19(22-13)16-11-17(14(2)23(16)3)31(26,27)21-12-15-5-4-8-29-15/h11,15,21H,4-10,12H2,1-3H3/t15-/m0/s1. The summed E-state index contributed by atoms with van der Waals surface area (Å²) in [5.41, 5.74) is 1.93. The molecule has 2 aromatic rings. The third-order valence-corrected chi connectivity index (χ3v) is 8.52. The zero-order valence-electron chi connectivity index (χ0n) is 18.0. The number of carbonyl (C=O) groups excluding carboxylic acids is 1. The molecule has 0 unspecified atom stereocenters. The average Bonchev–Trinajstić information content (AvgIpc) is 3.48. The maximum Gasteiger partial charge on any atom is 0.266 e. The summed E-state index contributed by atoms with van der Waals surface area (Å²) in [6.07, 6.45) is 1.74. The smallest absolute Gasteiger partial charge is 0.266 e. The molecule has 4 rings (SSSR count). The van der Waals surface area contributed by atoms with E-state index in [-0.39, 0.29) is 23.5 Å². The van der Waals surface area contributed by atoms with Crippen LogP contribution in [0, 0.1) is 13.8 Å². The van der Waals surface area contributed by atoms with E-state index in [9.17, 15) is 13.2 Å². The van der Waals surface area contributed by atoms with Crippen LogP contribution in [0.4, 0.5) is 0 Å². The molecule has 2 fully saturated rings. The molecule has 0 saturated carbocycles. The van der Waals surface area contributed by atoms with E-state index < -0.39 is 10.0 Å². The van der Waals surface area contributed by atoms with Gasteiger partial charge in [-0.3, -0.25) is 4.79 Å². The third-order valence-electron chi connectivity index (χ3n) is 5.81. The highest BCUT2D eigenvalue weighted by Crippen LogP contribution is 2.33. The minimum Gasteiger partial charge on any atom is -0.378 e. The van der Waals surface area contributed by atoms with Gasteiger partial charge < -0.3 is 18.9 Å². The van der Waals surface area contributed by atoms with Gasteiger partial charge in [0.25, 0.3) is 5.91 Å². The fourth-order valence-electron chi connectivity index (χ4n) is 3.85. The summed E-state index contributed by atoms with van der Waals surface area (Å²) in [4.78, 5) is 20.1. The van der Waals surface area contributed by atoms with Crippen molar-refractivity contribution in [3.63, 3.8) is 0 Å². The van der Waals surface area contributed by atoms with Crippen molar-refractivity contribution in [1.82, 2.24) is 19.2 Å². The minimum atomic E-state index is -3.69. The van der Waals surface area contributed by atoms with E-state index in [1.165, 1.54) is 11.3 Å². The van der Waals surface area contributed by atoms with Crippen LogP contribution in [0.25, 0.3) is 10.7 Å². The SMILES string of the molecule is Cc1nc(-c2cc(S(=O)(=O)NC[C@@H]3CCCO3)c(C)n2C)sc1C(=O)N1CCOCC1. The molecule has 2 saturated heterocycles. The van der Waals surface area contributed by atoms with E-state index in [0.717, 1.165) is 12.8 Å². The Morgan fingerprint density at radius 2 is 2.03 bits per heavy atom. The third kappa shape index (κ3) is 4.56.